The Morgan fingerprint density at radius 3 is 0.879 bits per heavy atom. The second-order valence-electron chi connectivity index (χ2n) is 13.0. The van der Waals surface area contributed by atoms with Gasteiger partial charge in [-0.1, -0.05) is 158 Å². The van der Waals surface area contributed by atoms with E-state index in [4.69, 9.17) is 16.3 Å². The van der Waals surface area contributed by atoms with Crippen molar-refractivity contribution in [3.8, 4) is 23.6 Å². The summed E-state index contributed by atoms with van der Waals surface area (Å²) in [6, 6.07) is 60.4. The molecule has 8 nitrogen and oxygen atoms in total. The topological polar surface area (TPSA) is 119 Å². The minimum atomic E-state index is -4.61. The van der Waals surface area contributed by atoms with E-state index in [2.05, 4.69) is 44.7 Å². The molecule has 0 aromatic heterocycles. The van der Waals surface area contributed by atoms with Gasteiger partial charge in [-0.15, -0.1) is 0 Å². The van der Waals surface area contributed by atoms with Gasteiger partial charge in [0.15, 0.2) is 10.3 Å². The van der Waals surface area contributed by atoms with Gasteiger partial charge >= 0.3 is 15.2 Å². The predicted octanol–water partition coefficient (Wildman–Crippen LogP) is 13.2. The van der Waals surface area contributed by atoms with Gasteiger partial charge in [0.1, 0.15) is 44.0 Å². The van der Waals surface area contributed by atoms with Gasteiger partial charge in [0.05, 0.1) is 23.3 Å². The molecule has 12 heteroatoms. The summed E-state index contributed by atoms with van der Waals surface area (Å²) in [6.45, 7) is 0. The van der Waals surface area contributed by atoms with Gasteiger partial charge in [-0.05, 0) is 69.8 Å². The average Bonchev–Trinajstić information content (AvgIpc) is 3.29. The summed E-state index contributed by atoms with van der Waals surface area (Å²) in [6.07, 6.45) is 0. The Kier molecular flexibility index (Phi) is 12.3. The number of nitriles is 2. The van der Waals surface area contributed by atoms with Crippen LogP contribution < -0.4 is 9.05 Å². The van der Waals surface area contributed by atoms with Crippen LogP contribution in [0.15, 0.2) is 194 Å². The fraction of sp³-hybridized carbons (Fsp3) is 0.0435. The highest BCUT2D eigenvalue weighted by atomic mass is 79.9. The second-order valence-corrected chi connectivity index (χ2v) is 18.7. The maximum Gasteiger partial charge on any atom is 0.409 e. The summed E-state index contributed by atoms with van der Waals surface area (Å²) >= 11 is 6.20. The van der Waals surface area contributed by atoms with Gasteiger partial charge in [0.25, 0.3) is 0 Å². The second kappa shape index (κ2) is 17.5. The van der Waals surface area contributed by atoms with Gasteiger partial charge < -0.3 is 9.05 Å². The number of rotatable bonds is 14. The molecule has 0 aliphatic rings. The molecule has 286 valence electrons. The quantitative estimate of drug-likeness (QED) is 0.0781. The van der Waals surface area contributed by atoms with E-state index >= 15 is 9.13 Å². The predicted molar refractivity (Wildman–Crippen MR) is 231 cm³/mol. The first kappa shape index (κ1) is 40.6. The molecule has 0 saturated carbocycles. The van der Waals surface area contributed by atoms with Crippen LogP contribution in [0.1, 0.15) is 44.5 Å². The maximum absolute atomic E-state index is 16.0. The summed E-state index contributed by atoms with van der Waals surface area (Å²) < 4.78 is 56.6. The molecule has 2 unspecified atom stereocenters. The molecular weight excluding hydrogens is 898 g/mol. The molecule has 7 aromatic rings. The Morgan fingerprint density at radius 2 is 0.655 bits per heavy atom. The zero-order chi connectivity index (χ0) is 40.6. The highest BCUT2D eigenvalue weighted by molar-refractivity contribution is 9.06. The Hall–Kier alpha value is -5.54. The first-order chi connectivity index (χ1) is 28.3. The van der Waals surface area contributed by atoms with E-state index in [1.807, 2.05) is 24.3 Å². The van der Waals surface area contributed by atoms with E-state index in [1.54, 1.807) is 158 Å². The van der Waals surface area contributed by atoms with Crippen molar-refractivity contribution in [2.75, 3.05) is 0 Å². The largest absolute Gasteiger partial charge is 0.423 e. The molecular formula is C46H32Br2N2O6P2. The lowest BCUT2D eigenvalue weighted by atomic mass is 9.76. The van der Waals surface area contributed by atoms with Crippen molar-refractivity contribution in [1.82, 2.24) is 0 Å². The van der Waals surface area contributed by atoms with Gasteiger partial charge in [0.2, 0.25) is 0 Å². The maximum atomic E-state index is 16.0. The molecule has 7 aromatic carbocycles. The van der Waals surface area contributed by atoms with Crippen LogP contribution in [-0.2, 0) is 26.7 Å². The van der Waals surface area contributed by atoms with E-state index < -0.39 is 25.5 Å². The Bertz CT molecular complexity index is 2420. The van der Waals surface area contributed by atoms with Crippen molar-refractivity contribution >= 4 is 47.7 Å². The molecule has 0 amide bonds. The van der Waals surface area contributed by atoms with Crippen LogP contribution in [0, 0.1) is 22.7 Å². The minimum absolute atomic E-state index is 0.0276. The van der Waals surface area contributed by atoms with Crippen LogP contribution in [0.5, 0.6) is 11.5 Å². The standard InChI is InChI=1S/C46H32Br2N2O6P2/c47-55-57(51,53-41-27-15-5-16-28-41)45(37-19-7-1-8-20-37,38-21-9-2-10-22-38)43-31-36(34-50)44(32-35(43)33-49)46(39-23-11-3-12-24-39,40-25-13-4-14-26-40)58(52,56-48)54-42-29-17-6-18-30-42/h1-32H. The fourth-order valence-corrected chi connectivity index (χ4v) is 13.3. The Labute approximate surface area is 354 Å². The average molecular weight is 931 g/mol. The highest BCUT2D eigenvalue weighted by Crippen LogP contribution is 2.74. The normalized spacial score (nSPS) is 13.5. The highest BCUT2D eigenvalue weighted by Gasteiger charge is 2.61. The lowest BCUT2D eigenvalue weighted by Crippen LogP contribution is -2.35. The molecule has 0 aliphatic carbocycles. The number of hydrogen-bond donors (Lipinski definition) is 0. The van der Waals surface area contributed by atoms with Crippen LogP contribution in [0.4, 0.5) is 0 Å². The monoisotopic (exact) mass is 928 g/mol. The van der Waals surface area contributed by atoms with Crippen LogP contribution in [0.2, 0.25) is 0 Å². The smallest absolute Gasteiger partial charge is 0.409 e. The third-order valence-corrected chi connectivity index (χ3v) is 16.6. The molecule has 7 rings (SSSR count). The summed E-state index contributed by atoms with van der Waals surface area (Å²) in [5, 5.41) is 18.9. The van der Waals surface area contributed by atoms with E-state index in [-0.39, 0.29) is 33.8 Å². The van der Waals surface area contributed by atoms with Crippen molar-refractivity contribution in [1.29, 1.82) is 10.5 Å². The Morgan fingerprint density at radius 1 is 0.414 bits per heavy atom. The molecule has 0 radical (unpaired) electrons. The summed E-state index contributed by atoms with van der Waals surface area (Å²) in [7, 11) is -9.22. The molecule has 0 bridgehead atoms. The van der Waals surface area contributed by atoms with E-state index in [0.717, 1.165) is 0 Å². The zero-order valence-corrected chi connectivity index (χ0v) is 35.4. The van der Waals surface area contributed by atoms with E-state index in [1.165, 1.54) is 12.1 Å². The van der Waals surface area contributed by atoms with Crippen molar-refractivity contribution in [3.63, 3.8) is 0 Å². The molecule has 0 N–H and O–H groups in total. The van der Waals surface area contributed by atoms with Crippen molar-refractivity contribution in [2.24, 2.45) is 0 Å². The van der Waals surface area contributed by atoms with Gasteiger partial charge in [0, 0.05) is 0 Å². The van der Waals surface area contributed by atoms with Crippen LogP contribution in [0.3, 0.4) is 0 Å². The molecule has 2 atom stereocenters. The van der Waals surface area contributed by atoms with Gasteiger partial charge in [-0.25, -0.2) is 16.4 Å². The third kappa shape index (κ3) is 7.04. The number of para-hydroxylation sites is 2. The number of nitrogens with zero attached hydrogens (tertiary/aromatic N) is 2. The first-order valence-electron chi connectivity index (χ1n) is 17.8. The summed E-state index contributed by atoms with van der Waals surface area (Å²) in [5.41, 5.74) is 1.94. The lowest BCUT2D eigenvalue weighted by Gasteiger charge is -2.42. The van der Waals surface area contributed by atoms with E-state index in [0.29, 0.717) is 22.3 Å². The van der Waals surface area contributed by atoms with Gasteiger partial charge in [-0.2, -0.15) is 10.5 Å². The fourth-order valence-electron chi connectivity index (χ4n) is 7.49. The van der Waals surface area contributed by atoms with Crippen LogP contribution in [-0.4, -0.2) is 0 Å². The van der Waals surface area contributed by atoms with Crippen LogP contribution in [0.25, 0.3) is 0 Å². The minimum Gasteiger partial charge on any atom is -0.423 e. The number of halogens is 2. The van der Waals surface area contributed by atoms with Crippen molar-refractivity contribution in [3.05, 3.63) is 239 Å². The third-order valence-electron chi connectivity index (χ3n) is 9.89. The number of benzene rings is 7. The Balaban J connectivity index is 1.66. The summed E-state index contributed by atoms with van der Waals surface area (Å²) in [5.74, 6) is 0.468. The molecule has 58 heavy (non-hydrogen) atoms. The number of hydrogen-bond acceptors (Lipinski definition) is 8. The first-order valence-corrected chi connectivity index (χ1v) is 22.2. The van der Waals surface area contributed by atoms with E-state index in [9.17, 15) is 10.5 Å². The molecule has 0 saturated heterocycles. The SMILES string of the molecule is N#Cc1cc(C(c2ccccc2)(c2ccccc2)P(=O)(OBr)Oc2ccccc2)c(C#N)cc1C(c1ccccc1)(c1ccccc1)P(=O)(OBr)Oc1ccccc1. The summed E-state index contributed by atoms with van der Waals surface area (Å²) in [4.78, 5) is 0. The molecule has 0 fully saturated rings. The molecule has 0 aliphatic heterocycles. The lowest BCUT2D eigenvalue weighted by molar-refractivity contribution is 0.386. The zero-order valence-electron chi connectivity index (χ0n) is 30.5. The molecule has 0 heterocycles. The van der Waals surface area contributed by atoms with Crippen molar-refractivity contribution < 1.29 is 25.4 Å². The van der Waals surface area contributed by atoms with Gasteiger partial charge in [-0.3, -0.25) is 0 Å². The van der Waals surface area contributed by atoms with Crippen LogP contribution >= 0.6 is 47.7 Å². The van der Waals surface area contributed by atoms with Crippen molar-refractivity contribution in [2.45, 2.75) is 10.3 Å². The molecule has 0 spiro atoms.